The Morgan fingerprint density at radius 1 is 1.25 bits per heavy atom. The monoisotopic (exact) mass is 346 g/mol. The first-order valence-electron chi connectivity index (χ1n) is 7.70. The molecule has 5 nitrogen and oxygen atoms in total. The zero-order valence-corrected chi connectivity index (χ0v) is 14.9. The van der Waals surface area contributed by atoms with Crippen LogP contribution in [0.25, 0.3) is 0 Å². The van der Waals surface area contributed by atoms with E-state index in [0.29, 0.717) is 0 Å². The molecule has 0 aliphatic carbocycles. The van der Waals surface area contributed by atoms with Gasteiger partial charge in [0.25, 0.3) is 0 Å². The average Bonchev–Trinajstić information content (AvgIpc) is 3.07. The van der Waals surface area contributed by atoms with Crippen molar-refractivity contribution in [2.75, 3.05) is 23.9 Å². The zero-order valence-electron chi connectivity index (χ0n) is 14.1. The molecule has 0 saturated heterocycles. The molecule has 6 heteroatoms. The molecular weight excluding hydrogens is 324 g/mol. The summed E-state index contributed by atoms with van der Waals surface area (Å²) in [6.45, 7) is 3.88. The van der Waals surface area contributed by atoms with Crippen LogP contribution in [-0.4, -0.2) is 35.3 Å². The van der Waals surface area contributed by atoms with E-state index in [1.807, 2.05) is 44.2 Å². The smallest absolute Gasteiger partial charge is 0.234 e. The Kier molecular flexibility index (Phi) is 6.49. The Morgan fingerprint density at radius 3 is 2.71 bits per heavy atom. The number of amides is 2. The van der Waals surface area contributed by atoms with Crippen LogP contribution >= 0.6 is 11.8 Å². The zero-order chi connectivity index (χ0) is 17.5. The summed E-state index contributed by atoms with van der Waals surface area (Å²) in [7, 11) is 1.74. The molecule has 0 radical (unpaired) electrons. The van der Waals surface area contributed by atoms with Gasteiger partial charge in [-0.1, -0.05) is 12.1 Å². The molecule has 0 aliphatic heterocycles. The summed E-state index contributed by atoms with van der Waals surface area (Å²) in [6, 6.07) is 11.1. The van der Waals surface area contributed by atoms with Gasteiger partial charge in [0.05, 0.1) is 23.8 Å². The number of nitrogens with one attached hydrogen (secondary N) is 1. The first-order chi connectivity index (χ1) is 11.5. The number of hydrogen-bond donors (Lipinski definition) is 1. The second-order valence-electron chi connectivity index (χ2n) is 5.61. The Labute approximate surface area is 146 Å². The van der Waals surface area contributed by atoms with Gasteiger partial charge in [-0.2, -0.15) is 0 Å². The third-order valence-electron chi connectivity index (χ3n) is 3.69. The van der Waals surface area contributed by atoms with Crippen molar-refractivity contribution in [3.05, 3.63) is 54.0 Å². The molecule has 128 valence electrons. The average molecular weight is 346 g/mol. The lowest BCUT2D eigenvalue weighted by Gasteiger charge is -2.23. The molecule has 1 N–H and O–H groups in total. The van der Waals surface area contributed by atoms with Gasteiger partial charge in [0.15, 0.2) is 0 Å². The number of furan rings is 1. The van der Waals surface area contributed by atoms with Crippen molar-refractivity contribution in [3.8, 4) is 0 Å². The minimum absolute atomic E-state index is 0.0349. The SMILES string of the molecule is Cc1cccc(NC(=O)CSCC(=O)N(C)C(C)c2ccco2)c1. The van der Waals surface area contributed by atoms with E-state index in [0.717, 1.165) is 17.0 Å². The summed E-state index contributed by atoms with van der Waals surface area (Å²) in [5.74, 6) is 1.09. The minimum atomic E-state index is -0.130. The van der Waals surface area contributed by atoms with Gasteiger partial charge in [0.1, 0.15) is 5.76 Å². The first-order valence-corrected chi connectivity index (χ1v) is 8.86. The Balaban J connectivity index is 1.74. The largest absolute Gasteiger partial charge is 0.467 e. The van der Waals surface area contributed by atoms with Gasteiger partial charge >= 0.3 is 0 Å². The van der Waals surface area contributed by atoms with E-state index in [4.69, 9.17) is 4.42 Å². The molecule has 2 aromatic rings. The van der Waals surface area contributed by atoms with Crippen LogP contribution in [0.1, 0.15) is 24.3 Å². The van der Waals surface area contributed by atoms with Crippen molar-refractivity contribution in [3.63, 3.8) is 0 Å². The van der Waals surface area contributed by atoms with Gasteiger partial charge in [-0.05, 0) is 43.7 Å². The second-order valence-corrected chi connectivity index (χ2v) is 6.59. The van der Waals surface area contributed by atoms with Crippen molar-refractivity contribution in [2.45, 2.75) is 19.9 Å². The number of aryl methyl sites for hydroxylation is 1. The molecule has 1 aromatic carbocycles. The molecule has 0 fully saturated rings. The summed E-state index contributed by atoms with van der Waals surface area (Å²) in [5, 5.41) is 2.83. The molecular formula is C18H22N2O3S. The van der Waals surface area contributed by atoms with Gasteiger partial charge in [-0.3, -0.25) is 9.59 Å². The molecule has 0 bridgehead atoms. The molecule has 0 aliphatic rings. The van der Waals surface area contributed by atoms with Crippen molar-refractivity contribution in [1.82, 2.24) is 4.90 Å². The number of thioether (sulfide) groups is 1. The highest BCUT2D eigenvalue weighted by Gasteiger charge is 2.19. The summed E-state index contributed by atoms with van der Waals surface area (Å²) in [6.07, 6.45) is 1.59. The Morgan fingerprint density at radius 2 is 2.04 bits per heavy atom. The predicted molar refractivity (Wildman–Crippen MR) is 97.0 cm³/mol. The summed E-state index contributed by atoms with van der Waals surface area (Å²) < 4.78 is 5.32. The molecule has 2 rings (SSSR count). The molecule has 24 heavy (non-hydrogen) atoms. The number of benzene rings is 1. The molecule has 1 unspecified atom stereocenters. The van der Waals surface area contributed by atoms with E-state index < -0.39 is 0 Å². The normalized spacial score (nSPS) is 11.8. The van der Waals surface area contributed by atoms with Crippen molar-refractivity contribution < 1.29 is 14.0 Å². The molecule has 0 spiro atoms. The van der Waals surface area contributed by atoms with Crippen molar-refractivity contribution in [2.24, 2.45) is 0 Å². The van der Waals surface area contributed by atoms with Crippen LogP contribution in [0.3, 0.4) is 0 Å². The third-order valence-corrected chi connectivity index (χ3v) is 4.61. The van der Waals surface area contributed by atoms with Gasteiger partial charge in [-0.25, -0.2) is 0 Å². The lowest BCUT2D eigenvalue weighted by Crippen LogP contribution is -2.31. The van der Waals surface area contributed by atoms with Gasteiger partial charge in [-0.15, -0.1) is 11.8 Å². The maximum atomic E-state index is 12.2. The highest BCUT2D eigenvalue weighted by atomic mass is 32.2. The van der Waals surface area contributed by atoms with E-state index in [-0.39, 0.29) is 29.4 Å². The van der Waals surface area contributed by atoms with Crippen molar-refractivity contribution in [1.29, 1.82) is 0 Å². The maximum Gasteiger partial charge on any atom is 0.234 e. The van der Waals surface area contributed by atoms with E-state index >= 15 is 0 Å². The van der Waals surface area contributed by atoms with E-state index in [9.17, 15) is 9.59 Å². The van der Waals surface area contributed by atoms with Crippen LogP contribution in [0.15, 0.2) is 47.1 Å². The lowest BCUT2D eigenvalue weighted by atomic mass is 10.2. The summed E-state index contributed by atoms with van der Waals surface area (Å²) in [4.78, 5) is 25.7. The number of rotatable bonds is 7. The summed E-state index contributed by atoms with van der Waals surface area (Å²) >= 11 is 1.30. The maximum absolute atomic E-state index is 12.2. The number of carbonyl (C=O) groups is 2. The topological polar surface area (TPSA) is 62.6 Å². The molecule has 0 saturated carbocycles. The van der Waals surface area contributed by atoms with Crippen LogP contribution in [0, 0.1) is 6.92 Å². The molecule has 1 heterocycles. The third kappa shape index (κ3) is 5.16. The van der Waals surface area contributed by atoms with E-state index in [2.05, 4.69) is 5.32 Å². The van der Waals surface area contributed by atoms with E-state index in [1.165, 1.54) is 11.8 Å². The number of carbonyl (C=O) groups excluding carboxylic acids is 2. The standard InChI is InChI=1S/C18H22N2O3S/c1-13-6-4-7-15(10-13)19-17(21)11-24-12-18(22)20(3)14(2)16-8-5-9-23-16/h4-10,14H,11-12H2,1-3H3,(H,19,21). The van der Waals surface area contributed by atoms with Crippen LogP contribution in [-0.2, 0) is 9.59 Å². The van der Waals surface area contributed by atoms with Crippen LogP contribution in [0.2, 0.25) is 0 Å². The van der Waals surface area contributed by atoms with Crippen molar-refractivity contribution >= 4 is 29.3 Å². The Hall–Kier alpha value is -2.21. The highest BCUT2D eigenvalue weighted by molar-refractivity contribution is 8.00. The van der Waals surface area contributed by atoms with E-state index in [1.54, 1.807) is 24.3 Å². The molecule has 1 atom stereocenters. The van der Waals surface area contributed by atoms with Crippen LogP contribution < -0.4 is 5.32 Å². The van der Waals surface area contributed by atoms with Crippen LogP contribution in [0.4, 0.5) is 5.69 Å². The summed E-state index contributed by atoms with van der Waals surface area (Å²) in [5.41, 5.74) is 1.86. The number of hydrogen-bond acceptors (Lipinski definition) is 4. The molecule has 2 amide bonds. The van der Waals surface area contributed by atoms with Crippen LogP contribution in [0.5, 0.6) is 0 Å². The minimum Gasteiger partial charge on any atom is -0.467 e. The number of anilines is 1. The second kappa shape index (κ2) is 8.59. The fourth-order valence-corrected chi connectivity index (χ4v) is 2.93. The predicted octanol–water partition coefficient (Wildman–Crippen LogP) is 3.48. The van der Waals surface area contributed by atoms with Gasteiger partial charge in [0.2, 0.25) is 11.8 Å². The fraction of sp³-hybridized carbons (Fsp3) is 0.333. The quantitative estimate of drug-likeness (QED) is 0.834. The first kappa shape index (κ1) is 18.1. The number of nitrogens with zero attached hydrogens (tertiary/aromatic N) is 1. The fourth-order valence-electron chi connectivity index (χ4n) is 2.19. The molecule has 1 aromatic heterocycles. The Bertz CT molecular complexity index is 685. The highest BCUT2D eigenvalue weighted by Crippen LogP contribution is 2.20. The van der Waals surface area contributed by atoms with Gasteiger partial charge in [0, 0.05) is 12.7 Å². The lowest BCUT2D eigenvalue weighted by molar-refractivity contribution is -0.129. The van der Waals surface area contributed by atoms with Gasteiger partial charge < -0.3 is 14.6 Å².